The molecule has 2 rings (SSSR count). The fourth-order valence-corrected chi connectivity index (χ4v) is 1.84. The number of carboxylic acid groups (broad SMARTS) is 2. The van der Waals surface area contributed by atoms with Crippen LogP contribution < -0.4 is 10.6 Å². The Hall–Kier alpha value is -2.95. The van der Waals surface area contributed by atoms with Crippen LogP contribution >= 0.6 is 12.4 Å². The monoisotopic (exact) mass is 404 g/mol. The molecule has 2 aromatic rings. The van der Waals surface area contributed by atoms with Crippen molar-refractivity contribution in [2.75, 3.05) is 24.7 Å². The number of halogens is 1. The highest BCUT2D eigenvalue weighted by Crippen LogP contribution is 2.12. The van der Waals surface area contributed by atoms with Crippen molar-refractivity contribution in [2.45, 2.75) is 13.8 Å². The van der Waals surface area contributed by atoms with Gasteiger partial charge in [-0.15, -0.1) is 12.4 Å². The molecule has 2 aromatic heterocycles. The van der Waals surface area contributed by atoms with E-state index in [1.165, 1.54) is 12.1 Å². The summed E-state index contributed by atoms with van der Waals surface area (Å²) >= 11 is 0. The highest BCUT2D eigenvalue weighted by molar-refractivity contribution is 5.93. The summed E-state index contributed by atoms with van der Waals surface area (Å²) in [5.41, 5.74) is 1.99. The third-order valence-corrected chi connectivity index (χ3v) is 3.00. The number of carboxylic acids is 2. The van der Waals surface area contributed by atoms with E-state index in [1.807, 2.05) is 13.8 Å². The molecule has 0 atom stereocenters. The maximum Gasteiger partial charge on any atom is 0.339 e. The van der Waals surface area contributed by atoms with E-state index in [-0.39, 0.29) is 34.5 Å². The van der Waals surface area contributed by atoms with E-state index in [9.17, 15) is 9.59 Å². The second kappa shape index (κ2) is 13.3. The van der Waals surface area contributed by atoms with E-state index in [1.54, 1.807) is 26.2 Å². The summed E-state index contributed by atoms with van der Waals surface area (Å²) in [6.07, 6.45) is 0. The molecule has 0 aliphatic heterocycles. The number of carbonyl (C=O) groups is 2. The number of hydrogen-bond donors (Lipinski definition) is 4. The number of aromatic carboxylic acids is 2. The number of rotatable bonds is 4. The Morgan fingerprint density at radius 3 is 1.30 bits per heavy atom. The fraction of sp³-hybridized carbons (Fsp3) is 0.250. The van der Waals surface area contributed by atoms with Crippen LogP contribution in [0.2, 0.25) is 0 Å². The largest absolute Gasteiger partial charge is 0.478 e. The van der Waals surface area contributed by atoms with Gasteiger partial charge < -0.3 is 31.8 Å². The highest BCUT2D eigenvalue weighted by atomic mass is 35.5. The molecule has 27 heavy (non-hydrogen) atoms. The van der Waals surface area contributed by atoms with Crippen LogP contribution in [0, 0.1) is 13.8 Å². The number of aryl methyl sites for hydroxylation is 2. The molecule has 0 aromatic carbocycles. The lowest BCUT2D eigenvalue weighted by molar-refractivity contribution is 0.0686. The molecule has 0 spiro atoms. The van der Waals surface area contributed by atoms with E-state index in [2.05, 4.69) is 20.6 Å². The highest BCUT2D eigenvalue weighted by Gasteiger charge is 2.10. The topological polar surface area (TPSA) is 187 Å². The van der Waals surface area contributed by atoms with Crippen LogP contribution in [-0.2, 0) is 0 Å². The molecule has 2 heterocycles. The van der Waals surface area contributed by atoms with Crippen molar-refractivity contribution in [2.24, 2.45) is 0 Å². The van der Waals surface area contributed by atoms with Crippen molar-refractivity contribution >= 4 is 36.0 Å². The van der Waals surface area contributed by atoms with Gasteiger partial charge in [0, 0.05) is 25.5 Å². The Labute approximate surface area is 162 Å². The fourth-order valence-electron chi connectivity index (χ4n) is 1.84. The van der Waals surface area contributed by atoms with Crippen LogP contribution in [0.5, 0.6) is 0 Å². The maximum atomic E-state index is 10.6. The Kier molecular flexibility index (Phi) is 14.2. The number of nitrogens with one attached hydrogen (secondary N) is 2. The van der Waals surface area contributed by atoms with E-state index >= 15 is 0 Å². The molecule has 0 aliphatic rings. The Morgan fingerprint density at radius 2 is 1.07 bits per heavy atom. The second-order valence-electron chi connectivity index (χ2n) is 4.81. The van der Waals surface area contributed by atoms with Crippen molar-refractivity contribution in [1.29, 1.82) is 0 Å². The number of nitrogens with zero attached hydrogens (tertiary/aromatic N) is 2. The van der Waals surface area contributed by atoms with Crippen molar-refractivity contribution in [3.05, 3.63) is 46.8 Å². The molecule has 0 aliphatic carbocycles. The molecular formula is C16H25ClN4O6. The van der Waals surface area contributed by atoms with E-state index in [0.717, 1.165) is 11.4 Å². The predicted octanol–water partition coefficient (Wildman–Crippen LogP) is 1.03. The van der Waals surface area contributed by atoms with Crippen LogP contribution in [0.1, 0.15) is 32.1 Å². The molecule has 10 nitrogen and oxygen atoms in total. The second-order valence-corrected chi connectivity index (χ2v) is 4.81. The van der Waals surface area contributed by atoms with Crippen LogP contribution in [0.15, 0.2) is 24.3 Å². The van der Waals surface area contributed by atoms with Gasteiger partial charge in [0.05, 0.1) is 0 Å². The number of pyridine rings is 2. The third kappa shape index (κ3) is 8.31. The summed E-state index contributed by atoms with van der Waals surface area (Å²) in [4.78, 5) is 29.3. The standard InChI is InChI=1S/2C8H10N2O2.ClH.2H2O/c2*1-5-3-4-6(8(11)12)7(9-2)10-5;;;/h2*3-4H,1-2H3,(H,9,10)(H,11,12);1H;2*1H2. The summed E-state index contributed by atoms with van der Waals surface area (Å²) in [7, 11) is 3.29. The summed E-state index contributed by atoms with van der Waals surface area (Å²) in [6.45, 7) is 3.62. The lowest BCUT2D eigenvalue weighted by atomic mass is 10.2. The van der Waals surface area contributed by atoms with Crippen LogP contribution in [-0.4, -0.2) is 57.2 Å². The van der Waals surface area contributed by atoms with Gasteiger partial charge in [0.25, 0.3) is 0 Å². The van der Waals surface area contributed by atoms with Gasteiger partial charge in [-0.3, -0.25) is 0 Å². The molecular weight excluding hydrogens is 380 g/mol. The minimum absolute atomic E-state index is 0. The van der Waals surface area contributed by atoms with Gasteiger partial charge >= 0.3 is 11.9 Å². The Morgan fingerprint density at radius 1 is 0.778 bits per heavy atom. The van der Waals surface area contributed by atoms with Crippen molar-refractivity contribution in [3.8, 4) is 0 Å². The van der Waals surface area contributed by atoms with Crippen LogP contribution in [0.3, 0.4) is 0 Å². The van der Waals surface area contributed by atoms with Gasteiger partial charge in [-0.25, -0.2) is 19.6 Å². The van der Waals surface area contributed by atoms with E-state index < -0.39 is 11.9 Å². The first-order chi connectivity index (χ1) is 11.3. The zero-order chi connectivity index (χ0) is 18.3. The first kappa shape index (κ1) is 28.8. The SMILES string of the molecule is CNc1nc(C)ccc1C(=O)O.CNc1nc(C)ccc1C(=O)O.Cl.O.O. The lowest BCUT2D eigenvalue weighted by Gasteiger charge is -2.03. The normalized spacial score (nSPS) is 8.44. The van der Waals surface area contributed by atoms with E-state index in [4.69, 9.17) is 10.2 Å². The molecule has 0 radical (unpaired) electrons. The Bertz CT molecular complexity index is 694. The zero-order valence-electron chi connectivity index (χ0n) is 15.3. The Balaban J connectivity index is -0.000000384. The van der Waals surface area contributed by atoms with Crippen LogP contribution in [0.25, 0.3) is 0 Å². The van der Waals surface area contributed by atoms with Gasteiger partial charge in [-0.1, -0.05) is 0 Å². The molecule has 0 saturated carbocycles. The van der Waals surface area contributed by atoms with Gasteiger partial charge in [0.15, 0.2) is 0 Å². The first-order valence-electron chi connectivity index (χ1n) is 7.07. The molecule has 0 fully saturated rings. The maximum absolute atomic E-state index is 10.6. The van der Waals surface area contributed by atoms with Crippen LogP contribution in [0.4, 0.5) is 11.6 Å². The molecule has 152 valence electrons. The minimum atomic E-state index is -0.966. The first-order valence-corrected chi connectivity index (χ1v) is 7.07. The summed E-state index contributed by atoms with van der Waals surface area (Å²) in [6, 6.07) is 6.42. The average molecular weight is 405 g/mol. The summed E-state index contributed by atoms with van der Waals surface area (Å²) < 4.78 is 0. The predicted molar refractivity (Wildman–Crippen MR) is 105 cm³/mol. The molecule has 8 N–H and O–H groups in total. The van der Waals surface area contributed by atoms with Crippen molar-refractivity contribution < 1.29 is 30.8 Å². The molecule has 11 heteroatoms. The molecule has 0 amide bonds. The third-order valence-electron chi connectivity index (χ3n) is 3.00. The average Bonchev–Trinajstić information content (AvgIpc) is 2.54. The number of hydrogen-bond acceptors (Lipinski definition) is 6. The van der Waals surface area contributed by atoms with Crippen molar-refractivity contribution in [3.63, 3.8) is 0 Å². The van der Waals surface area contributed by atoms with Gasteiger partial charge in [0.1, 0.15) is 22.8 Å². The summed E-state index contributed by atoms with van der Waals surface area (Å²) in [5.74, 6) is -1.12. The van der Waals surface area contributed by atoms with Gasteiger partial charge in [-0.2, -0.15) is 0 Å². The minimum Gasteiger partial charge on any atom is -0.478 e. The summed E-state index contributed by atoms with van der Waals surface area (Å²) in [5, 5.41) is 22.9. The quantitative estimate of drug-likeness (QED) is 0.581. The molecule has 0 bridgehead atoms. The van der Waals surface area contributed by atoms with E-state index in [0.29, 0.717) is 11.6 Å². The van der Waals surface area contributed by atoms with Gasteiger partial charge in [-0.05, 0) is 38.1 Å². The zero-order valence-corrected chi connectivity index (χ0v) is 16.1. The smallest absolute Gasteiger partial charge is 0.339 e. The van der Waals surface area contributed by atoms with Gasteiger partial charge in [0.2, 0.25) is 0 Å². The lowest BCUT2D eigenvalue weighted by Crippen LogP contribution is -2.05. The molecule has 0 unspecified atom stereocenters. The number of aromatic nitrogens is 2. The number of anilines is 2. The van der Waals surface area contributed by atoms with Crippen molar-refractivity contribution in [1.82, 2.24) is 9.97 Å². The molecule has 0 saturated heterocycles.